The van der Waals surface area contributed by atoms with Crippen LogP contribution in [0.3, 0.4) is 0 Å². The number of aliphatic hydroxyl groups is 1. The molecule has 8 atom stereocenters. The fourth-order valence-electron chi connectivity index (χ4n) is 8.01. The van der Waals surface area contributed by atoms with Crippen molar-refractivity contribution in [1.29, 1.82) is 0 Å². The zero-order valence-electron chi connectivity index (χ0n) is 29.4. The third-order valence-electron chi connectivity index (χ3n) is 10.6. The number of amides is 3. The third-order valence-corrected chi connectivity index (χ3v) is 11.5. The third kappa shape index (κ3) is 6.67. The largest absolute Gasteiger partial charge is 0.455 e. The molecule has 2 bridgehead atoms. The number of hydrogen-bond acceptors (Lipinski definition) is 9. The molecular formula is C38H45BrN6O7. The average molecular weight is 778 g/mol. The van der Waals surface area contributed by atoms with Crippen LogP contribution >= 0.6 is 15.9 Å². The van der Waals surface area contributed by atoms with Crippen molar-refractivity contribution in [3.63, 3.8) is 0 Å². The normalized spacial score (nSPS) is 25.8. The molecule has 0 aliphatic carbocycles. The smallest absolute Gasteiger partial charge is 0.313 e. The van der Waals surface area contributed by atoms with Gasteiger partial charge in [-0.05, 0) is 43.9 Å². The van der Waals surface area contributed by atoms with Crippen molar-refractivity contribution in [2.75, 3.05) is 26.7 Å². The minimum absolute atomic E-state index is 0.0347. The number of allylic oxidation sites excluding steroid dienone is 1. The number of carbonyl (C=O) groups excluding carboxylic acids is 4. The number of fused-ring (bicyclic) bond motifs is 2. The summed E-state index contributed by atoms with van der Waals surface area (Å²) in [5.41, 5.74) is 0.750. The number of ether oxygens (including phenoxy) is 2. The van der Waals surface area contributed by atoms with Crippen LogP contribution in [0.1, 0.15) is 44.3 Å². The molecule has 2 aromatic carbocycles. The van der Waals surface area contributed by atoms with Gasteiger partial charge in [0.25, 0.3) is 0 Å². The molecule has 1 aromatic heterocycles. The molecular weight excluding hydrogens is 732 g/mol. The summed E-state index contributed by atoms with van der Waals surface area (Å²) < 4.78 is 14.6. The van der Waals surface area contributed by atoms with Crippen LogP contribution < -0.4 is 0 Å². The van der Waals surface area contributed by atoms with E-state index in [1.807, 2.05) is 61.5 Å². The SMILES string of the molecule is C=CCCC(=O)N(C)[C@@H](C)[C@@H](OC(=O)[C@H]1[C@@H]2O[C@@]3(CC2Br)[C@@H]1C(=O)N(CCCO)[C@@H]3C(=O)N(CC=C)Cn1nnc2ccccc21)c1ccccc1. The first kappa shape index (κ1) is 37.4. The first-order valence-corrected chi connectivity index (χ1v) is 18.5. The maximum Gasteiger partial charge on any atom is 0.313 e. The van der Waals surface area contributed by atoms with E-state index in [-0.39, 0.29) is 49.9 Å². The standard InChI is InChI=1S/C38H45BrN6O7/c1-5-7-18-29(47)42(4)24(3)32(25-14-9-8-10-15-25)51-37(50)30-31-35(48)44(20-13-21-46)34(38(31)22-26(39)33(30)52-38)36(49)43(19-6-2)23-45-28-17-12-11-16-27(28)40-41-45/h5-6,8-12,14-17,24,26,30-34,46H,1-2,7,13,18-23H2,3-4H3/t24-,26?,30+,31-,32+,33+,34+,38-/m0/s1. The molecule has 14 heteroatoms. The summed E-state index contributed by atoms with van der Waals surface area (Å²) in [5, 5.41) is 18.3. The predicted molar refractivity (Wildman–Crippen MR) is 195 cm³/mol. The van der Waals surface area contributed by atoms with Crippen molar-refractivity contribution >= 4 is 50.7 Å². The Morgan fingerprint density at radius 1 is 1.15 bits per heavy atom. The van der Waals surface area contributed by atoms with Crippen molar-refractivity contribution in [1.82, 2.24) is 29.7 Å². The highest BCUT2D eigenvalue weighted by atomic mass is 79.9. The van der Waals surface area contributed by atoms with E-state index < -0.39 is 59.5 Å². The maximum atomic E-state index is 14.8. The lowest BCUT2D eigenvalue weighted by Gasteiger charge is -2.37. The molecule has 3 saturated heterocycles. The van der Waals surface area contributed by atoms with Gasteiger partial charge in [-0.2, -0.15) is 0 Å². The van der Waals surface area contributed by atoms with Crippen LogP contribution in [-0.2, 0) is 35.3 Å². The molecule has 13 nitrogen and oxygen atoms in total. The molecule has 1 N–H and O–H groups in total. The molecule has 3 aliphatic heterocycles. The molecule has 3 aromatic rings. The zero-order chi connectivity index (χ0) is 37.2. The molecule has 52 heavy (non-hydrogen) atoms. The van der Waals surface area contributed by atoms with Crippen molar-refractivity contribution in [3.8, 4) is 0 Å². The molecule has 3 aliphatic rings. The Morgan fingerprint density at radius 2 is 1.88 bits per heavy atom. The highest BCUT2D eigenvalue weighted by molar-refractivity contribution is 9.09. The molecule has 276 valence electrons. The molecule has 4 heterocycles. The number of benzene rings is 2. The number of para-hydroxylation sites is 1. The number of halogens is 1. The second-order valence-electron chi connectivity index (χ2n) is 13.7. The van der Waals surface area contributed by atoms with Gasteiger partial charge in [0.15, 0.2) is 0 Å². The minimum Gasteiger partial charge on any atom is -0.455 e. The van der Waals surface area contributed by atoms with E-state index >= 15 is 0 Å². The van der Waals surface area contributed by atoms with E-state index in [1.165, 1.54) is 4.90 Å². The monoisotopic (exact) mass is 776 g/mol. The highest BCUT2D eigenvalue weighted by Gasteiger charge is 2.77. The second kappa shape index (κ2) is 15.7. The molecule has 3 fully saturated rings. The first-order valence-electron chi connectivity index (χ1n) is 17.6. The van der Waals surface area contributed by atoms with Gasteiger partial charge in [0.2, 0.25) is 17.7 Å². The van der Waals surface area contributed by atoms with Gasteiger partial charge >= 0.3 is 5.97 Å². The van der Waals surface area contributed by atoms with Gasteiger partial charge in [-0.25, -0.2) is 4.68 Å². The Bertz CT molecular complexity index is 1820. The van der Waals surface area contributed by atoms with Gasteiger partial charge < -0.3 is 29.3 Å². The van der Waals surface area contributed by atoms with Crippen molar-refractivity contribution in [3.05, 3.63) is 85.5 Å². The lowest BCUT2D eigenvalue weighted by Crippen LogP contribution is -2.57. The molecule has 0 radical (unpaired) electrons. The quantitative estimate of drug-likeness (QED) is 0.131. The van der Waals surface area contributed by atoms with Gasteiger partial charge in [0.1, 0.15) is 29.9 Å². The minimum atomic E-state index is -1.35. The molecule has 3 amide bonds. The number of aliphatic hydroxyl groups excluding tert-OH is 1. The van der Waals surface area contributed by atoms with E-state index in [1.54, 1.807) is 33.7 Å². The summed E-state index contributed by atoms with van der Waals surface area (Å²) in [5.74, 6) is -3.61. The zero-order valence-corrected chi connectivity index (χ0v) is 31.0. The Labute approximate surface area is 311 Å². The summed E-state index contributed by atoms with van der Waals surface area (Å²) in [4.78, 5) is 61.1. The van der Waals surface area contributed by atoms with Crippen LogP contribution in [0.4, 0.5) is 0 Å². The van der Waals surface area contributed by atoms with Crippen LogP contribution in [0.2, 0.25) is 0 Å². The van der Waals surface area contributed by atoms with E-state index in [0.29, 0.717) is 23.9 Å². The second-order valence-corrected chi connectivity index (χ2v) is 14.9. The van der Waals surface area contributed by atoms with E-state index in [2.05, 4.69) is 39.4 Å². The number of aromatic nitrogens is 3. The topological polar surface area (TPSA) is 147 Å². The average Bonchev–Trinajstić information content (AvgIpc) is 3.88. The number of likely N-dealkylation sites (tertiary alicyclic amines) is 1. The summed E-state index contributed by atoms with van der Waals surface area (Å²) in [7, 11) is 1.68. The molecule has 0 saturated carbocycles. The van der Waals surface area contributed by atoms with Gasteiger partial charge in [0, 0.05) is 38.0 Å². The number of nitrogens with zero attached hydrogens (tertiary/aromatic N) is 6. The van der Waals surface area contributed by atoms with E-state index in [4.69, 9.17) is 9.47 Å². The summed E-state index contributed by atoms with van der Waals surface area (Å²) in [6.07, 6.45) is 2.99. The molecule has 6 rings (SSSR count). The van der Waals surface area contributed by atoms with Gasteiger partial charge in [-0.15, -0.1) is 18.3 Å². The number of esters is 1. The molecule has 1 unspecified atom stereocenters. The van der Waals surface area contributed by atoms with Crippen LogP contribution in [0.5, 0.6) is 0 Å². The lowest BCUT2D eigenvalue weighted by molar-refractivity contribution is -0.164. The van der Waals surface area contributed by atoms with Crippen LogP contribution in [-0.4, -0.2) is 114 Å². The number of alkyl halides is 1. The maximum absolute atomic E-state index is 14.8. The first-order chi connectivity index (χ1) is 25.1. The Morgan fingerprint density at radius 3 is 2.60 bits per heavy atom. The van der Waals surface area contributed by atoms with Crippen molar-refractivity contribution in [2.24, 2.45) is 11.8 Å². The summed E-state index contributed by atoms with van der Waals surface area (Å²) >= 11 is 3.73. The Kier molecular flexibility index (Phi) is 11.3. The van der Waals surface area contributed by atoms with Gasteiger partial charge in [0.05, 0.1) is 29.5 Å². The van der Waals surface area contributed by atoms with Crippen LogP contribution in [0.15, 0.2) is 79.9 Å². The van der Waals surface area contributed by atoms with Crippen molar-refractivity contribution in [2.45, 2.75) is 74.0 Å². The lowest BCUT2D eigenvalue weighted by atomic mass is 9.70. The van der Waals surface area contributed by atoms with Crippen LogP contribution in [0.25, 0.3) is 11.0 Å². The summed E-state index contributed by atoms with van der Waals surface area (Å²) in [6.45, 7) is 9.47. The van der Waals surface area contributed by atoms with E-state index in [9.17, 15) is 24.3 Å². The van der Waals surface area contributed by atoms with Gasteiger partial charge in [-0.1, -0.05) is 75.8 Å². The van der Waals surface area contributed by atoms with Crippen molar-refractivity contribution < 1.29 is 33.8 Å². The Hall–Kier alpha value is -4.40. The molecule has 1 spiro atoms. The highest BCUT2D eigenvalue weighted by Crippen LogP contribution is 2.60. The Balaban J connectivity index is 1.33. The number of rotatable bonds is 16. The predicted octanol–water partition coefficient (Wildman–Crippen LogP) is 3.63. The van der Waals surface area contributed by atoms with Gasteiger partial charge in [-0.3, -0.25) is 19.2 Å². The fourth-order valence-corrected chi connectivity index (χ4v) is 8.96. The van der Waals surface area contributed by atoms with Crippen LogP contribution in [0, 0.1) is 11.8 Å². The number of carbonyl (C=O) groups is 4. The summed E-state index contributed by atoms with van der Waals surface area (Å²) in [6, 6.07) is 15.0. The number of hydrogen-bond donors (Lipinski definition) is 1. The fraction of sp³-hybridized carbons (Fsp3) is 0.474. The number of likely N-dealkylation sites (N-methyl/N-ethyl adjacent to an activating group) is 1. The van der Waals surface area contributed by atoms with E-state index in [0.717, 1.165) is 5.52 Å².